The minimum absolute atomic E-state index is 0.0871. The van der Waals surface area contributed by atoms with Crippen LogP contribution in [0.4, 0.5) is 4.39 Å². The molecule has 7 heteroatoms. The Morgan fingerprint density at radius 1 is 1.33 bits per heavy atom. The summed E-state index contributed by atoms with van der Waals surface area (Å²) in [5.74, 6) is -1.59. The molecule has 0 bridgehead atoms. The van der Waals surface area contributed by atoms with Crippen LogP contribution in [0.3, 0.4) is 0 Å². The molecule has 0 radical (unpaired) electrons. The molecule has 0 aliphatic rings. The normalized spacial score (nSPS) is 10.3. The first-order valence-electron chi connectivity index (χ1n) is 6.00. The Hall–Kier alpha value is -2.70. The van der Waals surface area contributed by atoms with Gasteiger partial charge in [0.1, 0.15) is 11.5 Å². The van der Waals surface area contributed by atoms with Gasteiger partial charge in [-0.15, -0.1) is 0 Å². The molecule has 0 spiro atoms. The van der Waals surface area contributed by atoms with E-state index in [9.17, 15) is 14.0 Å². The van der Waals surface area contributed by atoms with Gasteiger partial charge in [-0.3, -0.25) is 4.79 Å². The van der Waals surface area contributed by atoms with Crippen molar-refractivity contribution in [3.8, 4) is 11.4 Å². The predicted molar refractivity (Wildman–Crippen MR) is 72.4 cm³/mol. The lowest BCUT2D eigenvalue weighted by atomic mass is 10.2. The summed E-state index contributed by atoms with van der Waals surface area (Å²) in [6, 6.07) is 4.49. The number of nitrogens with zero attached hydrogens (tertiary/aromatic N) is 2. The number of halogens is 1. The van der Waals surface area contributed by atoms with Gasteiger partial charge in [-0.05, 0) is 24.6 Å². The number of hydrogen-bond donors (Lipinski definition) is 0. The molecule has 0 aliphatic carbocycles. The van der Waals surface area contributed by atoms with Crippen LogP contribution in [-0.4, -0.2) is 30.0 Å². The van der Waals surface area contributed by atoms with Crippen LogP contribution < -0.4 is 10.2 Å². The molecule has 110 valence electrons. The van der Waals surface area contributed by atoms with Gasteiger partial charge < -0.3 is 9.47 Å². The average Bonchev–Trinajstić information content (AvgIpc) is 2.47. The van der Waals surface area contributed by atoms with Crippen LogP contribution in [0, 0.1) is 12.7 Å². The van der Waals surface area contributed by atoms with E-state index in [2.05, 4.69) is 9.84 Å². The molecule has 0 atom stereocenters. The molecule has 0 amide bonds. The number of esters is 1. The highest BCUT2D eigenvalue weighted by molar-refractivity contribution is 5.87. The van der Waals surface area contributed by atoms with E-state index in [1.54, 1.807) is 13.0 Å². The maximum absolute atomic E-state index is 14.0. The van der Waals surface area contributed by atoms with Crippen molar-refractivity contribution in [2.24, 2.45) is 0 Å². The van der Waals surface area contributed by atoms with Crippen LogP contribution in [0.5, 0.6) is 5.75 Å². The van der Waals surface area contributed by atoms with Gasteiger partial charge in [-0.2, -0.15) is 5.10 Å². The van der Waals surface area contributed by atoms with Crippen molar-refractivity contribution in [1.29, 1.82) is 0 Å². The summed E-state index contributed by atoms with van der Waals surface area (Å²) in [7, 11) is 2.40. The monoisotopic (exact) mass is 292 g/mol. The first-order chi connectivity index (χ1) is 9.97. The summed E-state index contributed by atoms with van der Waals surface area (Å²) >= 11 is 0. The molecule has 0 saturated carbocycles. The Morgan fingerprint density at radius 3 is 2.62 bits per heavy atom. The summed E-state index contributed by atoms with van der Waals surface area (Å²) in [5.41, 5.74) is -0.369. The third-order valence-corrected chi connectivity index (χ3v) is 2.83. The maximum atomic E-state index is 14.0. The number of ether oxygens (including phenoxy) is 2. The van der Waals surface area contributed by atoms with Crippen molar-refractivity contribution < 1.29 is 18.7 Å². The van der Waals surface area contributed by atoms with Gasteiger partial charge in [0.15, 0.2) is 5.75 Å². The quantitative estimate of drug-likeness (QED) is 0.801. The van der Waals surface area contributed by atoms with E-state index in [4.69, 9.17) is 4.74 Å². The van der Waals surface area contributed by atoms with E-state index in [1.807, 2.05) is 0 Å². The second kappa shape index (κ2) is 5.74. The molecule has 1 aromatic carbocycles. The topological polar surface area (TPSA) is 70.4 Å². The van der Waals surface area contributed by atoms with Gasteiger partial charge in [-0.1, -0.05) is 6.07 Å². The van der Waals surface area contributed by atoms with Gasteiger partial charge in [-0.25, -0.2) is 13.9 Å². The first kappa shape index (κ1) is 14.7. The maximum Gasteiger partial charge on any atom is 0.362 e. The molecular formula is C14H13FN2O4. The molecule has 0 aliphatic heterocycles. The first-order valence-corrected chi connectivity index (χ1v) is 6.00. The smallest absolute Gasteiger partial charge is 0.362 e. The van der Waals surface area contributed by atoms with Crippen LogP contribution in [0.15, 0.2) is 29.2 Å². The van der Waals surface area contributed by atoms with Crippen molar-refractivity contribution >= 4 is 5.97 Å². The Kier molecular flexibility index (Phi) is 4.02. The van der Waals surface area contributed by atoms with Crippen LogP contribution >= 0.6 is 0 Å². The largest absolute Gasteiger partial charge is 0.491 e. The number of carbonyl (C=O) groups is 1. The Morgan fingerprint density at radius 2 is 2.05 bits per heavy atom. The van der Waals surface area contributed by atoms with E-state index >= 15 is 0 Å². The minimum atomic E-state index is -0.917. The SMILES string of the molecule is COC(=O)c1nn(-c2ccc(C)cc2F)cc(OC)c1=O. The Bertz CT molecular complexity index is 755. The molecule has 0 fully saturated rings. The summed E-state index contributed by atoms with van der Waals surface area (Å²) in [6.45, 7) is 1.74. The number of methoxy groups -OCH3 is 2. The van der Waals surface area contributed by atoms with Crippen molar-refractivity contribution in [3.63, 3.8) is 0 Å². The molecule has 21 heavy (non-hydrogen) atoms. The van der Waals surface area contributed by atoms with Crippen LogP contribution in [0.2, 0.25) is 0 Å². The number of aryl methyl sites for hydroxylation is 1. The summed E-state index contributed by atoms with van der Waals surface area (Å²) in [4.78, 5) is 23.5. The van der Waals surface area contributed by atoms with Crippen molar-refractivity contribution in [2.45, 2.75) is 6.92 Å². The second-order valence-corrected chi connectivity index (χ2v) is 4.27. The standard InChI is InChI=1S/C14H13FN2O4/c1-8-4-5-10(9(15)6-8)17-7-11(20-2)13(18)12(16-17)14(19)21-3/h4-7H,1-3H3. The Balaban J connectivity index is 2.69. The lowest BCUT2D eigenvalue weighted by Gasteiger charge is -2.10. The highest BCUT2D eigenvalue weighted by atomic mass is 19.1. The molecule has 1 aromatic heterocycles. The lowest BCUT2D eigenvalue weighted by molar-refractivity contribution is 0.0589. The summed E-state index contributed by atoms with van der Waals surface area (Å²) < 4.78 is 24.5. The molecule has 0 N–H and O–H groups in total. The molecule has 1 heterocycles. The highest BCUT2D eigenvalue weighted by Gasteiger charge is 2.19. The number of carbonyl (C=O) groups excluding carboxylic acids is 1. The zero-order chi connectivity index (χ0) is 15.6. The zero-order valence-corrected chi connectivity index (χ0v) is 11.7. The van der Waals surface area contributed by atoms with Crippen LogP contribution in [0.25, 0.3) is 5.69 Å². The van der Waals surface area contributed by atoms with Crippen LogP contribution in [0.1, 0.15) is 16.1 Å². The molecule has 2 aromatic rings. The summed E-state index contributed by atoms with van der Waals surface area (Å²) in [6.07, 6.45) is 1.21. The zero-order valence-electron chi connectivity index (χ0n) is 11.7. The van der Waals surface area contributed by atoms with Gasteiger partial charge in [0.25, 0.3) is 5.43 Å². The van der Waals surface area contributed by atoms with E-state index < -0.39 is 22.9 Å². The fourth-order valence-corrected chi connectivity index (χ4v) is 1.77. The highest BCUT2D eigenvalue weighted by Crippen LogP contribution is 2.16. The number of benzene rings is 1. The van der Waals surface area contributed by atoms with E-state index in [-0.39, 0.29) is 11.4 Å². The van der Waals surface area contributed by atoms with Gasteiger partial charge in [0.05, 0.1) is 20.4 Å². The minimum Gasteiger partial charge on any atom is -0.491 e. The fraction of sp³-hybridized carbons (Fsp3) is 0.214. The summed E-state index contributed by atoms with van der Waals surface area (Å²) in [5, 5.41) is 3.82. The van der Waals surface area contributed by atoms with E-state index in [0.29, 0.717) is 0 Å². The van der Waals surface area contributed by atoms with Crippen LogP contribution in [-0.2, 0) is 4.74 Å². The van der Waals surface area contributed by atoms with E-state index in [1.165, 1.54) is 25.4 Å². The third-order valence-electron chi connectivity index (χ3n) is 2.83. The number of aromatic nitrogens is 2. The molecule has 2 rings (SSSR count). The van der Waals surface area contributed by atoms with Crippen molar-refractivity contribution in [2.75, 3.05) is 14.2 Å². The lowest BCUT2D eigenvalue weighted by Crippen LogP contribution is -2.24. The predicted octanol–water partition coefficient (Wildman–Crippen LogP) is 1.48. The second-order valence-electron chi connectivity index (χ2n) is 4.27. The van der Waals surface area contributed by atoms with E-state index in [0.717, 1.165) is 17.4 Å². The van der Waals surface area contributed by atoms with Gasteiger partial charge in [0.2, 0.25) is 5.69 Å². The van der Waals surface area contributed by atoms with Gasteiger partial charge in [0, 0.05) is 0 Å². The van der Waals surface area contributed by atoms with Gasteiger partial charge >= 0.3 is 5.97 Å². The van der Waals surface area contributed by atoms with Crippen molar-refractivity contribution in [1.82, 2.24) is 9.78 Å². The fourth-order valence-electron chi connectivity index (χ4n) is 1.77. The van der Waals surface area contributed by atoms with Crippen molar-refractivity contribution in [3.05, 3.63) is 51.7 Å². The number of hydrogen-bond acceptors (Lipinski definition) is 5. The Labute approximate surface area is 119 Å². The molecular weight excluding hydrogens is 279 g/mol. The average molecular weight is 292 g/mol. The molecule has 6 nitrogen and oxygen atoms in total. The third kappa shape index (κ3) is 2.76. The molecule has 0 saturated heterocycles. The molecule has 0 unspecified atom stereocenters. The number of rotatable bonds is 3.